The molecule has 1 nitrogen and oxygen atoms in total. The Morgan fingerprint density at radius 1 is 0.875 bits per heavy atom. The predicted octanol–water partition coefficient (Wildman–Crippen LogP) is 6.51. The van der Waals surface area contributed by atoms with Crippen molar-refractivity contribution in [2.45, 2.75) is 63.7 Å². The lowest BCUT2D eigenvalue weighted by Gasteiger charge is -2.29. The summed E-state index contributed by atoms with van der Waals surface area (Å²) >= 11 is 0. The van der Waals surface area contributed by atoms with Gasteiger partial charge in [-0.3, -0.25) is 0 Å². The van der Waals surface area contributed by atoms with Gasteiger partial charge >= 0.3 is 0 Å². The summed E-state index contributed by atoms with van der Waals surface area (Å²) in [7, 11) is 0. The van der Waals surface area contributed by atoms with Crippen LogP contribution in [-0.4, -0.2) is 0 Å². The Morgan fingerprint density at radius 2 is 1.33 bits per heavy atom. The SMILES string of the molecule is CCC(C)c1ccc([C@H]2CC[C@H](c3ccc(C#N)cc3)CC2)cc1. The van der Waals surface area contributed by atoms with E-state index in [4.69, 9.17) is 5.26 Å². The summed E-state index contributed by atoms with van der Waals surface area (Å²) in [4.78, 5) is 0. The first-order chi connectivity index (χ1) is 11.7. The van der Waals surface area contributed by atoms with Crippen molar-refractivity contribution < 1.29 is 0 Å². The molecular formula is C23H27N. The predicted molar refractivity (Wildman–Crippen MR) is 100 cm³/mol. The average molecular weight is 317 g/mol. The number of rotatable bonds is 4. The van der Waals surface area contributed by atoms with Gasteiger partial charge < -0.3 is 0 Å². The first-order valence-electron chi connectivity index (χ1n) is 9.31. The summed E-state index contributed by atoms with van der Waals surface area (Å²) in [6.45, 7) is 4.56. The number of nitrogens with zero attached hydrogens (tertiary/aromatic N) is 1. The highest BCUT2D eigenvalue weighted by atomic mass is 14.3. The molecule has 3 rings (SSSR count). The molecule has 1 fully saturated rings. The molecular weight excluding hydrogens is 290 g/mol. The van der Waals surface area contributed by atoms with E-state index in [1.54, 1.807) is 0 Å². The van der Waals surface area contributed by atoms with Crippen LogP contribution in [0.5, 0.6) is 0 Å². The van der Waals surface area contributed by atoms with Crippen molar-refractivity contribution in [2.75, 3.05) is 0 Å². The van der Waals surface area contributed by atoms with Gasteiger partial charge in [-0.05, 0) is 78.7 Å². The number of hydrogen-bond acceptors (Lipinski definition) is 1. The van der Waals surface area contributed by atoms with Crippen LogP contribution in [0.3, 0.4) is 0 Å². The Labute approximate surface area is 146 Å². The second-order valence-corrected chi connectivity index (χ2v) is 7.26. The second-order valence-electron chi connectivity index (χ2n) is 7.26. The van der Waals surface area contributed by atoms with Gasteiger partial charge in [-0.2, -0.15) is 5.26 Å². The van der Waals surface area contributed by atoms with Gasteiger partial charge in [0.1, 0.15) is 0 Å². The van der Waals surface area contributed by atoms with Gasteiger partial charge in [0.2, 0.25) is 0 Å². The number of hydrogen-bond donors (Lipinski definition) is 0. The third-order valence-electron chi connectivity index (χ3n) is 5.83. The van der Waals surface area contributed by atoms with Crippen LogP contribution in [0.4, 0.5) is 0 Å². The van der Waals surface area contributed by atoms with E-state index in [0.717, 1.165) is 5.56 Å². The summed E-state index contributed by atoms with van der Waals surface area (Å²) in [5, 5.41) is 8.92. The van der Waals surface area contributed by atoms with Gasteiger partial charge in [0.05, 0.1) is 11.6 Å². The fraction of sp³-hybridized carbons (Fsp3) is 0.435. The van der Waals surface area contributed by atoms with Gasteiger partial charge in [-0.15, -0.1) is 0 Å². The molecule has 0 aromatic heterocycles. The molecule has 1 heteroatoms. The van der Waals surface area contributed by atoms with Crippen molar-refractivity contribution in [1.29, 1.82) is 5.26 Å². The largest absolute Gasteiger partial charge is 0.192 e. The standard InChI is InChI=1S/C23H27N/c1-3-17(2)19-8-10-21(11-9-19)23-14-12-22(13-15-23)20-6-4-18(16-24)5-7-20/h4-11,17,22-23H,3,12-15H2,1-2H3/t17?,22-,23-. The lowest BCUT2D eigenvalue weighted by molar-refractivity contribution is 0.396. The van der Waals surface area contributed by atoms with E-state index >= 15 is 0 Å². The third-order valence-corrected chi connectivity index (χ3v) is 5.83. The molecule has 1 atom stereocenters. The lowest BCUT2D eigenvalue weighted by Crippen LogP contribution is -2.12. The zero-order valence-corrected chi connectivity index (χ0v) is 14.8. The Morgan fingerprint density at radius 3 is 1.75 bits per heavy atom. The van der Waals surface area contributed by atoms with Crippen LogP contribution < -0.4 is 0 Å². The molecule has 0 saturated heterocycles. The summed E-state index contributed by atoms with van der Waals surface area (Å²) in [6, 6.07) is 19.8. The van der Waals surface area contributed by atoms with Crippen LogP contribution in [0.25, 0.3) is 0 Å². The fourth-order valence-electron chi connectivity index (χ4n) is 3.92. The summed E-state index contributed by atoms with van der Waals surface area (Å²) in [5.41, 5.74) is 5.14. The summed E-state index contributed by atoms with van der Waals surface area (Å²) < 4.78 is 0. The molecule has 2 aromatic carbocycles. The fourth-order valence-corrected chi connectivity index (χ4v) is 3.92. The van der Waals surface area contributed by atoms with Crippen molar-refractivity contribution >= 4 is 0 Å². The highest BCUT2D eigenvalue weighted by Crippen LogP contribution is 2.40. The molecule has 0 N–H and O–H groups in total. The molecule has 0 radical (unpaired) electrons. The molecule has 24 heavy (non-hydrogen) atoms. The summed E-state index contributed by atoms with van der Waals surface area (Å²) in [6.07, 6.45) is 6.25. The average Bonchev–Trinajstić information content (AvgIpc) is 2.68. The van der Waals surface area contributed by atoms with Crippen LogP contribution >= 0.6 is 0 Å². The van der Waals surface area contributed by atoms with Crippen molar-refractivity contribution in [3.8, 4) is 6.07 Å². The topological polar surface area (TPSA) is 23.8 Å². The normalized spacial score (nSPS) is 21.9. The minimum absolute atomic E-state index is 0.658. The zero-order chi connectivity index (χ0) is 16.9. The Balaban J connectivity index is 1.61. The molecule has 0 spiro atoms. The van der Waals surface area contributed by atoms with E-state index < -0.39 is 0 Å². The van der Waals surface area contributed by atoms with Crippen LogP contribution in [0.2, 0.25) is 0 Å². The van der Waals surface area contributed by atoms with Gasteiger partial charge in [0.25, 0.3) is 0 Å². The molecule has 0 heterocycles. The van der Waals surface area contributed by atoms with Crippen molar-refractivity contribution in [2.24, 2.45) is 0 Å². The van der Waals surface area contributed by atoms with E-state index in [1.807, 2.05) is 12.1 Å². The third kappa shape index (κ3) is 3.70. The molecule has 2 aromatic rings. The highest BCUT2D eigenvalue weighted by Gasteiger charge is 2.23. The van der Waals surface area contributed by atoms with Crippen molar-refractivity contribution in [3.63, 3.8) is 0 Å². The highest BCUT2D eigenvalue weighted by molar-refractivity contribution is 5.34. The Kier molecular flexibility index (Phi) is 5.36. The molecule has 0 aliphatic heterocycles. The quantitative estimate of drug-likeness (QED) is 0.630. The van der Waals surface area contributed by atoms with E-state index in [0.29, 0.717) is 17.8 Å². The molecule has 124 valence electrons. The molecule has 1 saturated carbocycles. The number of benzene rings is 2. The van der Waals surface area contributed by atoms with Crippen LogP contribution in [0, 0.1) is 11.3 Å². The van der Waals surface area contributed by atoms with E-state index in [1.165, 1.54) is 48.8 Å². The van der Waals surface area contributed by atoms with Crippen molar-refractivity contribution in [3.05, 3.63) is 70.8 Å². The minimum atomic E-state index is 0.658. The maximum absolute atomic E-state index is 8.92. The molecule has 0 amide bonds. The summed E-state index contributed by atoms with van der Waals surface area (Å²) in [5.74, 6) is 2.03. The zero-order valence-electron chi connectivity index (χ0n) is 14.8. The second kappa shape index (κ2) is 7.67. The number of nitriles is 1. The van der Waals surface area contributed by atoms with Crippen LogP contribution in [0.15, 0.2) is 48.5 Å². The van der Waals surface area contributed by atoms with Crippen molar-refractivity contribution in [1.82, 2.24) is 0 Å². The Hall–Kier alpha value is -2.07. The maximum Gasteiger partial charge on any atom is 0.0991 e. The lowest BCUT2D eigenvalue weighted by atomic mass is 9.76. The van der Waals surface area contributed by atoms with Gasteiger partial charge in [0, 0.05) is 0 Å². The first-order valence-corrected chi connectivity index (χ1v) is 9.31. The monoisotopic (exact) mass is 317 g/mol. The molecule has 0 bridgehead atoms. The molecule has 1 aliphatic carbocycles. The first kappa shape index (κ1) is 16.8. The molecule has 1 aliphatic rings. The maximum atomic E-state index is 8.92. The van der Waals surface area contributed by atoms with Crippen LogP contribution in [-0.2, 0) is 0 Å². The van der Waals surface area contributed by atoms with E-state index in [9.17, 15) is 0 Å². The molecule has 1 unspecified atom stereocenters. The Bertz CT molecular complexity index is 682. The van der Waals surface area contributed by atoms with E-state index in [2.05, 4.69) is 56.3 Å². The smallest absolute Gasteiger partial charge is 0.0991 e. The van der Waals surface area contributed by atoms with Gasteiger partial charge in [0.15, 0.2) is 0 Å². The van der Waals surface area contributed by atoms with Gasteiger partial charge in [-0.1, -0.05) is 50.2 Å². The van der Waals surface area contributed by atoms with E-state index in [-0.39, 0.29) is 0 Å². The minimum Gasteiger partial charge on any atom is -0.192 e. The van der Waals surface area contributed by atoms with Crippen LogP contribution in [0.1, 0.15) is 86.0 Å². The van der Waals surface area contributed by atoms with Gasteiger partial charge in [-0.25, -0.2) is 0 Å².